The van der Waals surface area contributed by atoms with Crippen LogP contribution in [0.15, 0.2) is 35.7 Å². The Labute approximate surface area is 247 Å². The van der Waals surface area contributed by atoms with Crippen molar-refractivity contribution in [1.29, 1.82) is 5.26 Å². The molecule has 1 aromatic carbocycles. The summed E-state index contributed by atoms with van der Waals surface area (Å²) < 4.78 is 6.01. The fourth-order valence-electron chi connectivity index (χ4n) is 7.69. The van der Waals surface area contributed by atoms with Crippen LogP contribution in [0.1, 0.15) is 43.2 Å². The third-order valence-corrected chi connectivity index (χ3v) is 11.6. The molecule has 0 bridgehead atoms. The highest BCUT2D eigenvalue weighted by Gasteiger charge is 2.57. The van der Waals surface area contributed by atoms with Crippen molar-refractivity contribution in [1.82, 2.24) is 25.3 Å². The number of likely N-dealkylation sites (N-methyl/N-ethyl adjacent to an activating group) is 1. The van der Waals surface area contributed by atoms with Crippen LogP contribution < -0.4 is 10.6 Å². The highest BCUT2D eigenvalue weighted by Crippen LogP contribution is 2.53. The standard InChI is InChI=1S/C31H42N6O3S/c1-4-26(38)37-16-15-36(18-21(37)11-13-32)29-23-10-12-31(17-24-20(2)7-5-9-25(24)41-31)28(39)27(23)33-30(34-29)40-19-22-8-6-14-35(22)3/h4-5,7,9,21-23,27,29-30,33-34H,1,6,8,10-12,14-19H2,2-3H3/t21?,22?,23?,27?,29?,30?,31-/m1/s1. The van der Waals surface area contributed by atoms with E-state index < -0.39 is 11.1 Å². The van der Waals surface area contributed by atoms with Crippen molar-refractivity contribution in [3.63, 3.8) is 0 Å². The molecule has 0 radical (unpaired) electrons. The van der Waals surface area contributed by atoms with Crippen molar-refractivity contribution < 1.29 is 14.3 Å². The van der Waals surface area contributed by atoms with E-state index in [0.717, 1.165) is 32.2 Å². The molecule has 1 spiro atoms. The zero-order valence-corrected chi connectivity index (χ0v) is 25.0. The first-order valence-corrected chi connectivity index (χ1v) is 15.8. The molecule has 1 aromatic rings. The lowest BCUT2D eigenvalue weighted by molar-refractivity contribution is -0.144. The quantitative estimate of drug-likeness (QED) is 0.493. The highest BCUT2D eigenvalue weighted by atomic mass is 32.2. The van der Waals surface area contributed by atoms with E-state index in [1.807, 2.05) is 0 Å². The van der Waals surface area contributed by atoms with E-state index in [1.165, 1.54) is 28.5 Å². The number of ether oxygens (including phenoxy) is 1. The maximum Gasteiger partial charge on any atom is 0.246 e. The minimum absolute atomic E-state index is 0.0666. The van der Waals surface area contributed by atoms with Crippen molar-refractivity contribution in [3.05, 3.63) is 42.0 Å². The van der Waals surface area contributed by atoms with Gasteiger partial charge in [0.25, 0.3) is 0 Å². The van der Waals surface area contributed by atoms with E-state index in [4.69, 9.17) is 4.74 Å². The zero-order valence-electron chi connectivity index (χ0n) is 24.2. The molecular weight excluding hydrogens is 536 g/mol. The molecule has 4 fully saturated rings. The maximum atomic E-state index is 14.5. The second kappa shape index (κ2) is 11.8. The van der Waals surface area contributed by atoms with Gasteiger partial charge in [-0.1, -0.05) is 18.7 Å². The summed E-state index contributed by atoms with van der Waals surface area (Å²) in [5.41, 5.74) is 2.57. The average molecular weight is 579 g/mol. The molecule has 10 heteroatoms. The Hall–Kier alpha value is -2.26. The summed E-state index contributed by atoms with van der Waals surface area (Å²) in [7, 11) is 2.15. The van der Waals surface area contributed by atoms with Gasteiger partial charge in [0.2, 0.25) is 5.91 Å². The highest BCUT2D eigenvalue weighted by molar-refractivity contribution is 8.01. The molecule has 1 amide bonds. The number of nitrogens with zero attached hydrogens (tertiary/aromatic N) is 4. The summed E-state index contributed by atoms with van der Waals surface area (Å²) in [6.45, 7) is 9.25. The van der Waals surface area contributed by atoms with E-state index >= 15 is 0 Å². The van der Waals surface area contributed by atoms with Crippen molar-refractivity contribution in [2.75, 3.05) is 39.8 Å². The van der Waals surface area contributed by atoms with Crippen molar-refractivity contribution >= 4 is 23.5 Å². The molecule has 4 aliphatic heterocycles. The number of carbonyl (C=O) groups excluding carboxylic acids is 2. The van der Waals surface area contributed by atoms with Gasteiger partial charge < -0.3 is 14.5 Å². The Kier molecular flexibility index (Phi) is 8.29. The molecule has 2 N–H and O–H groups in total. The van der Waals surface area contributed by atoms with Crippen LogP contribution in [-0.2, 0) is 20.7 Å². The minimum Gasteiger partial charge on any atom is -0.348 e. The van der Waals surface area contributed by atoms with Gasteiger partial charge in [-0.2, -0.15) is 5.26 Å². The summed E-state index contributed by atoms with van der Waals surface area (Å²) in [5, 5.41) is 16.9. The first-order chi connectivity index (χ1) is 19.8. The van der Waals surface area contributed by atoms with Gasteiger partial charge in [0, 0.05) is 36.5 Å². The monoisotopic (exact) mass is 578 g/mol. The van der Waals surface area contributed by atoms with Crippen molar-refractivity contribution in [2.45, 2.75) is 85.7 Å². The number of piperazine rings is 1. The third-order valence-electron chi connectivity index (χ3n) is 10.1. The number of carbonyl (C=O) groups is 2. The summed E-state index contributed by atoms with van der Waals surface area (Å²) in [4.78, 5) is 34.7. The molecule has 41 heavy (non-hydrogen) atoms. The number of Topliss-reactive ketones (excluding diaryl/α,β-unsaturated/α-hetero) is 1. The Balaban J connectivity index is 1.24. The predicted molar refractivity (Wildman–Crippen MR) is 158 cm³/mol. The molecule has 5 aliphatic rings. The number of aryl methyl sites for hydroxylation is 1. The van der Waals surface area contributed by atoms with Crippen LogP contribution in [0.25, 0.3) is 0 Å². The van der Waals surface area contributed by atoms with Gasteiger partial charge >= 0.3 is 0 Å². The Morgan fingerprint density at radius 1 is 1.27 bits per heavy atom. The number of nitriles is 1. The largest absolute Gasteiger partial charge is 0.348 e. The van der Waals surface area contributed by atoms with E-state index in [0.29, 0.717) is 32.3 Å². The van der Waals surface area contributed by atoms with Crippen LogP contribution in [0.5, 0.6) is 0 Å². The zero-order chi connectivity index (χ0) is 28.7. The van der Waals surface area contributed by atoms with E-state index in [9.17, 15) is 14.9 Å². The van der Waals surface area contributed by atoms with E-state index in [-0.39, 0.29) is 42.3 Å². The van der Waals surface area contributed by atoms with Gasteiger partial charge in [0.15, 0.2) is 12.1 Å². The topological polar surface area (TPSA) is 101 Å². The van der Waals surface area contributed by atoms with E-state index in [2.05, 4.69) is 65.3 Å². The number of nitrogens with one attached hydrogen (secondary N) is 2. The molecular formula is C31H42N6O3S. The average Bonchev–Trinajstić information content (AvgIpc) is 3.57. The SMILES string of the molecule is C=CC(=O)N1CCN(C2NC(OCC3CCCN3C)NC3C(=O)[C@@]4(CCC32)Cc2c(C)cccc2S4)CC1CC#N. The number of hydrogen-bond acceptors (Lipinski definition) is 9. The molecule has 7 atom stereocenters. The molecule has 1 saturated carbocycles. The van der Waals surface area contributed by atoms with Gasteiger partial charge in [-0.3, -0.25) is 25.1 Å². The van der Waals surface area contributed by atoms with Crippen LogP contribution in [0.2, 0.25) is 0 Å². The molecule has 6 unspecified atom stereocenters. The summed E-state index contributed by atoms with van der Waals surface area (Å²) in [6.07, 6.45) is 5.87. The number of amides is 1. The molecule has 6 rings (SSSR count). The predicted octanol–water partition coefficient (Wildman–Crippen LogP) is 2.26. The second-order valence-corrected chi connectivity index (χ2v) is 13.8. The second-order valence-electron chi connectivity index (χ2n) is 12.4. The number of likely N-dealkylation sites (tertiary alicyclic amines) is 1. The summed E-state index contributed by atoms with van der Waals surface area (Å²) in [5.74, 6) is 0.212. The van der Waals surface area contributed by atoms with Crippen LogP contribution in [0, 0.1) is 24.2 Å². The fourth-order valence-corrected chi connectivity index (χ4v) is 9.28. The fraction of sp³-hybridized carbons (Fsp3) is 0.645. The maximum absolute atomic E-state index is 14.5. The van der Waals surface area contributed by atoms with Crippen LogP contribution >= 0.6 is 11.8 Å². The van der Waals surface area contributed by atoms with Crippen LogP contribution in [0.4, 0.5) is 0 Å². The van der Waals surface area contributed by atoms with Gasteiger partial charge in [-0.25, -0.2) is 0 Å². The number of benzene rings is 1. The Morgan fingerprint density at radius 3 is 2.85 bits per heavy atom. The normalized spacial score (nSPS) is 35.7. The number of ketones is 1. The smallest absolute Gasteiger partial charge is 0.246 e. The number of hydrogen-bond donors (Lipinski definition) is 2. The van der Waals surface area contributed by atoms with Crippen LogP contribution in [0.3, 0.4) is 0 Å². The van der Waals surface area contributed by atoms with Gasteiger partial charge in [-0.15, -0.1) is 11.8 Å². The lowest BCUT2D eigenvalue weighted by Crippen LogP contribution is -2.75. The molecule has 4 heterocycles. The molecule has 9 nitrogen and oxygen atoms in total. The molecule has 1 aliphatic carbocycles. The van der Waals surface area contributed by atoms with Gasteiger partial charge in [0.05, 0.1) is 42.1 Å². The Morgan fingerprint density at radius 2 is 2.12 bits per heavy atom. The van der Waals surface area contributed by atoms with Crippen molar-refractivity contribution in [3.8, 4) is 6.07 Å². The molecule has 3 saturated heterocycles. The summed E-state index contributed by atoms with van der Waals surface area (Å²) in [6, 6.07) is 8.49. The number of rotatable bonds is 6. The third kappa shape index (κ3) is 5.37. The Bertz CT molecular complexity index is 1240. The lowest BCUT2D eigenvalue weighted by Gasteiger charge is -2.54. The van der Waals surface area contributed by atoms with Crippen LogP contribution in [-0.4, -0.2) is 102 Å². The lowest BCUT2D eigenvalue weighted by atomic mass is 9.72. The van der Waals surface area contributed by atoms with E-state index in [1.54, 1.807) is 16.7 Å². The molecule has 0 aromatic heterocycles. The van der Waals surface area contributed by atoms with Crippen molar-refractivity contribution in [2.24, 2.45) is 5.92 Å². The first-order valence-electron chi connectivity index (χ1n) is 15.0. The number of thioether (sulfide) groups is 1. The van der Waals surface area contributed by atoms with Gasteiger partial charge in [-0.05, 0) is 75.9 Å². The molecule has 220 valence electrons. The van der Waals surface area contributed by atoms with Gasteiger partial charge in [0.1, 0.15) is 0 Å². The number of fused-ring (bicyclic) bond motifs is 2. The summed E-state index contributed by atoms with van der Waals surface area (Å²) >= 11 is 1.76. The first kappa shape index (κ1) is 28.8. The minimum atomic E-state index is -0.452.